The Balaban J connectivity index is 1.89. The highest BCUT2D eigenvalue weighted by atomic mass is 16.5. The molecule has 0 atom stereocenters. The van der Waals surface area contributed by atoms with Crippen molar-refractivity contribution < 1.29 is 14.2 Å². The third kappa shape index (κ3) is 2.84. The maximum absolute atomic E-state index is 12.0. The van der Waals surface area contributed by atoms with Crippen molar-refractivity contribution >= 4 is 23.9 Å². The summed E-state index contributed by atoms with van der Waals surface area (Å²) in [4.78, 5) is 12.0. The van der Waals surface area contributed by atoms with Crippen molar-refractivity contribution in [1.82, 2.24) is 5.43 Å². The van der Waals surface area contributed by atoms with Gasteiger partial charge in [-0.3, -0.25) is 4.79 Å². The highest BCUT2D eigenvalue weighted by Crippen LogP contribution is 2.16. The highest BCUT2D eigenvalue weighted by molar-refractivity contribution is 6.16. The quantitative estimate of drug-likeness (QED) is 0.693. The van der Waals surface area contributed by atoms with Crippen molar-refractivity contribution in [2.24, 2.45) is 0 Å². The third-order valence-electron chi connectivity index (χ3n) is 3.22. The molecular formula is C17H15N2O2+. The minimum Gasteiger partial charge on any atom is -0.497 e. The molecule has 3 rings (SSSR count). The Bertz CT molecular complexity index is 716. The maximum atomic E-state index is 12.0. The number of methoxy groups -OCH3 is 1. The Morgan fingerprint density at radius 2 is 1.76 bits per heavy atom. The van der Waals surface area contributed by atoms with Gasteiger partial charge in [0.1, 0.15) is 11.3 Å². The van der Waals surface area contributed by atoms with Crippen LogP contribution >= 0.6 is 0 Å². The number of amides is 1. The lowest BCUT2D eigenvalue weighted by molar-refractivity contribution is -0.481. The van der Waals surface area contributed by atoms with Crippen molar-refractivity contribution in [3.63, 3.8) is 0 Å². The van der Waals surface area contributed by atoms with E-state index >= 15 is 0 Å². The first-order chi connectivity index (χ1) is 10.3. The second-order valence-electron chi connectivity index (χ2n) is 4.65. The van der Waals surface area contributed by atoms with Gasteiger partial charge in [-0.1, -0.05) is 35.0 Å². The molecule has 0 saturated carbocycles. The summed E-state index contributed by atoms with van der Waals surface area (Å²) < 4.78 is 6.84. The summed E-state index contributed by atoms with van der Waals surface area (Å²) in [5, 5.41) is 0. The summed E-state index contributed by atoms with van der Waals surface area (Å²) in [6, 6.07) is 17.2. The van der Waals surface area contributed by atoms with E-state index in [1.54, 1.807) is 18.0 Å². The van der Waals surface area contributed by atoms with E-state index < -0.39 is 0 Å². The van der Waals surface area contributed by atoms with Gasteiger partial charge in [-0.05, 0) is 23.8 Å². The van der Waals surface area contributed by atoms with Crippen LogP contribution in [0.15, 0.2) is 60.2 Å². The molecule has 21 heavy (non-hydrogen) atoms. The lowest BCUT2D eigenvalue weighted by Gasteiger charge is -1.98. The fraction of sp³-hybridized carbons (Fsp3) is 0.0588. The zero-order valence-corrected chi connectivity index (χ0v) is 11.6. The molecule has 0 saturated heterocycles. The zero-order chi connectivity index (χ0) is 14.7. The third-order valence-corrected chi connectivity index (χ3v) is 3.22. The van der Waals surface area contributed by atoms with E-state index in [4.69, 9.17) is 4.74 Å². The molecule has 104 valence electrons. The Labute approximate surface area is 123 Å². The monoisotopic (exact) mass is 279 g/mol. The highest BCUT2D eigenvalue weighted by Gasteiger charge is 2.26. The van der Waals surface area contributed by atoms with Crippen LogP contribution in [0.25, 0.3) is 6.08 Å². The average Bonchev–Trinajstić information content (AvgIpc) is 2.90. The van der Waals surface area contributed by atoms with Crippen LogP contribution < -0.4 is 10.2 Å². The van der Waals surface area contributed by atoms with Gasteiger partial charge in [-0.15, -0.1) is 5.43 Å². The van der Waals surface area contributed by atoms with Crippen LogP contribution in [-0.2, 0) is 4.79 Å². The summed E-state index contributed by atoms with van der Waals surface area (Å²) >= 11 is 0. The van der Waals surface area contributed by atoms with Crippen molar-refractivity contribution in [2.75, 3.05) is 7.11 Å². The van der Waals surface area contributed by atoms with Crippen LogP contribution in [0.1, 0.15) is 5.56 Å². The lowest BCUT2D eigenvalue weighted by Crippen LogP contribution is -2.24. The predicted octanol–water partition coefficient (Wildman–Crippen LogP) is 2.54. The molecule has 2 aromatic rings. The van der Waals surface area contributed by atoms with E-state index in [9.17, 15) is 4.79 Å². The van der Waals surface area contributed by atoms with Gasteiger partial charge in [0.25, 0.3) is 0 Å². The summed E-state index contributed by atoms with van der Waals surface area (Å²) in [7, 11) is 1.63. The number of carbonyl (C=O) groups excluding carboxylic acids is 1. The number of para-hydroxylation sites is 1. The molecule has 4 nitrogen and oxygen atoms in total. The van der Waals surface area contributed by atoms with E-state index in [2.05, 4.69) is 5.43 Å². The minimum absolute atomic E-state index is 0.116. The number of rotatable bonds is 3. The van der Waals surface area contributed by atoms with Crippen LogP contribution in [0.5, 0.6) is 5.75 Å². The Kier molecular flexibility index (Phi) is 3.51. The van der Waals surface area contributed by atoms with E-state index in [-0.39, 0.29) is 5.91 Å². The number of ether oxygens (including phenoxy) is 1. The van der Waals surface area contributed by atoms with Crippen LogP contribution in [-0.4, -0.2) is 23.9 Å². The van der Waals surface area contributed by atoms with Gasteiger partial charge in [0.15, 0.2) is 0 Å². The molecule has 4 heteroatoms. The van der Waals surface area contributed by atoms with Crippen molar-refractivity contribution in [3.8, 4) is 5.75 Å². The number of nitrogens with zero attached hydrogens (tertiary/aromatic N) is 1. The molecule has 2 aromatic carbocycles. The van der Waals surface area contributed by atoms with Crippen LogP contribution in [0.3, 0.4) is 0 Å². The van der Waals surface area contributed by atoms with E-state index in [1.165, 1.54) is 0 Å². The van der Waals surface area contributed by atoms with E-state index in [0.29, 0.717) is 5.57 Å². The SMILES string of the molecule is COc1ccc(C=C2C=[N+](c3ccccc3)NC2=O)cc1. The van der Waals surface area contributed by atoms with Gasteiger partial charge in [0.05, 0.1) is 7.11 Å². The lowest BCUT2D eigenvalue weighted by atomic mass is 10.1. The van der Waals surface area contributed by atoms with Gasteiger partial charge < -0.3 is 4.74 Å². The number of hydrazone groups is 1. The zero-order valence-electron chi connectivity index (χ0n) is 11.6. The minimum atomic E-state index is -0.116. The van der Waals surface area contributed by atoms with Crippen molar-refractivity contribution in [2.45, 2.75) is 0 Å². The molecule has 1 aliphatic rings. The first kappa shape index (κ1) is 13.1. The smallest absolute Gasteiger partial charge is 0.311 e. The maximum Gasteiger partial charge on any atom is 0.311 e. The molecule has 0 aromatic heterocycles. The normalized spacial score (nSPS) is 15.8. The number of hydrogen-bond donors (Lipinski definition) is 1. The summed E-state index contributed by atoms with van der Waals surface area (Å²) in [6.45, 7) is 0. The Morgan fingerprint density at radius 1 is 1.05 bits per heavy atom. The molecule has 0 bridgehead atoms. The van der Waals surface area contributed by atoms with E-state index in [0.717, 1.165) is 17.0 Å². The molecule has 0 fully saturated rings. The molecule has 0 aliphatic carbocycles. The Morgan fingerprint density at radius 3 is 2.43 bits per heavy atom. The van der Waals surface area contributed by atoms with Crippen LogP contribution in [0.4, 0.5) is 5.69 Å². The number of nitrogens with one attached hydrogen (secondary N) is 1. The van der Waals surface area contributed by atoms with Gasteiger partial charge >= 0.3 is 5.91 Å². The number of carbonyl (C=O) groups is 1. The first-order valence-corrected chi connectivity index (χ1v) is 6.62. The molecule has 1 amide bonds. The molecule has 1 aliphatic heterocycles. The standard InChI is InChI=1S/C17H14N2O2/c1-21-16-9-7-13(8-10-16)11-14-12-19(18-17(14)20)15-5-3-2-4-6-15/h2-12H,1H3/p+1. The molecule has 0 unspecified atom stereocenters. The van der Waals surface area contributed by atoms with Crippen molar-refractivity contribution in [3.05, 3.63) is 65.7 Å². The van der Waals surface area contributed by atoms with Gasteiger partial charge in [0.2, 0.25) is 11.9 Å². The van der Waals surface area contributed by atoms with Crippen molar-refractivity contribution in [1.29, 1.82) is 0 Å². The second-order valence-corrected chi connectivity index (χ2v) is 4.65. The fourth-order valence-corrected chi connectivity index (χ4v) is 2.11. The summed E-state index contributed by atoms with van der Waals surface area (Å²) in [5.74, 6) is 0.678. The molecule has 0 spiro atoms. The molecule has 0 radical (unpaired) electrons. The largest absolute Gasteiger partial charge is 0.497 e. The molecular weight excluding hydrogens is 264 g/mol. The van der Waals surface area contributed by atoms with E-state index in [1.807, 2.05) is 60.7 Å². The summed E-state index contributed by atoms with van der Waals surface area (Å²) in [5.41, 5.74) is 5.30. The van der Waals surface area contributed by atoms with Gasteiger partial charge in [-0.25, -0.2) is 0 Å². The number of benzene rings is 2. The molecule has 1 heterocycles. The fourth-order valence-electron chi connectivity index (χ4n) is 2.11. The van der Waals surface area contributed by atoms with Crippen LogP contribution in [0.2, 0.25) is 0 Å². The van der Waals surface area contributed by atoms with Gasteiger partial charge in [0, 0.05) is 12.1 Å². The second kappa shape index (κ2) is 5.63. The topological polar surface area (TPSA) is 41.3 Å². The first-order valence-electron chi connectivity index (χ1n) is 6.62. The predicted molar refractivity (Wildman–Crippen MR) is 81.5 cm³/mol. The number of hydrogen-bond acceptors (Lipinski definition) is 2. The van der Waals surface area contributed by atoms with Crippen LogP contribution in [0, 0.1) is 0 Å². The number of hydrazine groups is 1. The molecule has 1 N–H and O–H groups in total. The summed E-state index contributed by atoms with van der Waals surface area (Å²) in [6.07, 6.45) is 3.64. The Hall–Kier alpha value is -2.88. The van der Waals surface area contributed by atoms with Gasteiger partial charge in [-0.2, -0.15) is 0 Å². The average molecular weight is 279 g/mol.